The van der Waals surface area contributed by atoms with Gasteiger partial charge in [0.2, 0.25) is 0 Å². The van der Waals surface area contributed by atoms with E-state index in [1.165, 1.54) is 11.1 Å². The van der Waals surface area contributed by atoms with Crippen molar-refractivity contribution < 1.29 is 0 Å². The molecule has 1 aromatic heterocycles. The van der Waals surface area contributed by atoms with Crippen LogP contribution in [0.5, 0.6) is 0 Å². The molecule has 0 bridgehead atoms. The summed E-state index contributed by atoms with van der Waals surface area (Å²) in [5.74, 6) is 0. The maximum atomic E-state index is 5.92. The van der Waals surface area contributed by atoms with E-state index in [0.717, 1.165) is 30.2 Å². The van der Waals surface area contributed by atoms with E-state index in [9.17, 15) is 0 Å². The summed E-state index contributed by atoms with van der Waals surface area (Å²) in [5, 5.41) is 8.77. The van der Waals surface area contributed by atoms with Gasteiger partial charge in [-0.3, -0.25) is 4.68 Å². The Morgan fingerprint density at radius 1 is 1.33 bits per heavy atom. The summed E-state index contributed by atoms with van der Waals surface area (Å²) in [6, 6.07) is 8.42. The first-order chi connectivity index (χ1) is 8.74. The van der Waals surface area contributed by atoms with E-state index in [4.69, 9.17) is 11.6 Å². The summed E-state index contributed by atoms with van der Waals surface area (Å²) in [5.41, 5.74) is 3.44. The van der Waals surface area contributed by atoms with Crippen molar-refractivity contribution in [2.75, 3.05) is 13.1 Å². The number of hydrogen-bond donors (Lipinski definition) is 1. The van der Waals surface area contributed by atoms with Gasteiger partial charge in [0.1, 0.15) is 0 Å². The molecule has 0 amide bonds. The van der Waals surface area contributed by atoms with Crippen LogP contribution in [0, 0.1) is 6.92 Å². The lowest BCUT2D eigenvalue weighted by Crippen LogP contribution is -2.13. The average molecular weight is 262 g/mol. The molecule has 1 aromatic carbocycles. The molecule has 0 aliphatic carbocycles. The minimum atomic E-state index is 0.491. The van der Waals surface area contributed by atoms with Gasteiger partial charge in [0, 0.05) is 23.3 Å². The van der Waals surface area contributed by atoms with Gasteiger partial charge in [-0.1, -0.05) is 23.7 Å². The van der Waals surface area contributed by atoms with E-state index < -0.39 is 0 Å². The van der Waals surface area contributed by atoms with E-state index >= 15 is 0 Å². The van der Waals surface area contributed by atoms with Crippen molar-refractivity contribution in [2.45, 2.75) is 19.4 Å². The molecule has 18 heavy (non-hydrogen) atoms. The second-order valence-electron chi connectivity index (χ2n) is 4.76. The van der Waals surface area contributed by atoms with Crippen molar-refractivity contribution in [3.63, 3.8) is 0 Å². The highest BCUT2D eigenvalue weighted by Gasteiger charge is 2.18. The number of nitrogens with zero attached hydrogens (tertiary/aromatic N) is 2. The molecule has 1 atom stereocenters. The highest BCUT2D eigenvalue weighted by Crippen LogP contribution is 2.26. The first-order valence-corrected chi connectivity index (χ1v) is 6.64. The predicted octanol–water partition coefficient (Wildman–Crippen LogP) is 3.05. The van der Waals surface area contributed by atoms with Crippen LogP contribution in [0.15, 0.2) is 30.5 Å². The quantitative estimate of drug-likeness (QED) is 0.901. The zero-order valence-electron chi connectivity index (χ0n) is 10.4. The molecular weight excluding hydrogens is 246 g/mol. The first-order valence-electron chi connectivity index (χ1n) is 6.26. The number of hydrogen-bond acceptors (Lipinski definition) is 2. The Labute approximate surface area is 112 Å². The van der Waals surface area contributed by atoms with Crippen LogP contribution >= 0.6 is 11.6 Å². The standard InChI is InChI=1S/C14H16ClN3/c1-10-14(11-2-4-12(15)5-3-11)9-18(17-10)13-6-7-16-8-13/h2-5,9,13,16H,6-8H2,1H3. The molecule has 94 valence electrons. The van der Waals surface area contributed by atoms with E-state index in [1.54, 1.807) is 0 Å². The van der Waals surface area contributed by atoms with Crippen LogP contribution in [-0.4, -0.2) is 22.9 Å². The summed E-state index contributed by atoms with van der Waals surface area (Å²) in [7, 11) is 0. The van der Waals surface area contributed by atoms with E-state index in [0.29, 0.717) is 6.04 Å². The Balaban J connectivity index is 1.94. The van der Waals surface area contributed by atoms with Crippen molar-refractivity contribution in [3.8, 4) is 11.1 Å². The van der Waals surface area contributed by atoms with Gasteiger partial charge in [-0.25, -0.2) is 0 Å². The van der Waals surface area contributed by atoms with E-state index in [2.05, 4.69) is 28.2 Å². The van der Waals surface area contributed by atoms with Crippen molar-refractivity contribution in [2.24, 2.45) is 0 Å². The van der Waals surface area contributed by atoms with Gasteiger partial charge < -0.3 is 5.32 Å². The summed E-state index contributed by atoms with van der Waals surface area (Å²) in [6.45, 7) is 4.16. The molecule has 2 heterocycles. The third-order valence-corrected chi connectivity index (χ3v) is 3.73. The SMILES string of the molecule is Cc1nn(C2CCNC2)cc1-c1ccc(Cl)cc1. The lowest BCUT2D eigenvalue weighted by atomic mass is 10.1. The van der Waals surface area contributed by atoms with Crippen LogP contribution in [0.25, 0.3) is 11.1 Å². The topological polar surface area (TPSA) is 29.9 Å². The largest absolute Gasteiger partial charge is 0.315 e. The normalized spacial score (nSPS) is 19.3. The van der Waals surface area contributed by atoms with E-state index in [-0.39, 0.29) is 0 Å². The molecule has 1 N–H and O–H groups in total. The Kier molecular flexibility index (Phi) is 3.10. The molecule has 1 saturated heterocycles. The second-order valence-corrected chi connectivity index (χ2v) is 5.20. The summed E-state index contributed by atoms with van der Waals surface area (Å²) >= 11 is 5.92. The van der Waals surface area contributed by atoms with Crippen LogP contribution in [0.2, 0.25) is 5.02 Å². The molecule has 2 aromatic rings. The third-order valence-electron chi connectivity index (χ3n) is 3.48. The van der Waals surface area contributed by atoms with Crippen molar-refractivity contribution in [1.29, 1.82) is 0 Å². The van der Waals surface area contributed by atoms with Crippen LogP contribution in [0.1, 0.15) is 18.2 Å². The van der Waals surface area contributed by atoms with Crippen LogP contribution in [0.3, 0.4) is 0 Å². The van der Waals surface area contributed by atoms with Gasteiger partial charge >= 0.3 is 0 Å². The van der Waals surface area contributed by atoms with Crippen LogP contribution in [-0.2, 0) is 0 Å². The van der Waals surface area contributed by atoms with Crippen LogP contribution < -0.4 is 5.32 Å². The fourth-order valence-electron chi connectivity index (χ4n) is 2.45. The molecular formula is C14H16ClN3. The van der Waals surface area contributed by atoms with E-state index in [1.807, 2.05) is 24.3 Å². The Bertz CT molecular complexity index is 539. The molecule has 1 aliphatic heterocycles. The lowest BCUT2D eigenvalue weighted by Gasteiger charge is -2.07. The molecule has 3 rings (SSSR count). The van der Waals surface area contributed by atoms with Crippen molar-refractivity contribution in [3.05, 3.63) is 41.2 Å². The van der Waals surface area contributed by atoms with Gasteiger partial charge in [-0.05, 0) is 37.6 Å². The Morgan fingerprint density at radius 2 is 2.11 bits per heavy atom. The number of aryl methyl sites for hydroxylation is 1. The van der Waals surface area contributed by atoms with Crippen molar-refractivity contribution >= 4 is 11.6 Å². The van der Waals surface area contributed by atoms with Crippen molar-refractivity contribution in [1.82, 2.24) is 15.1 Å². The number of benzene rings is 1. The zero-order chi connectivity index (χ0) is 12.5. The monoisotopic (exact) mass is 261 g/mol. The summed E-state index contributed by atoms with van der Waals surface area (Å²) in [4.78, 5) is 0. The number of halogens is 1. The van der Waals surface area contributed by atoms with Gasteiger partial charge in [0.15, 0.2) is 0 Å². The van der Waals surface area contributed by atoms with Gasteiger partial charge in [-0.15, -0.1) is 0 Å². The van der Waals surface area contributed by atoms with Gasteiger partial charge in [-0.2, -0.15) is 5.10 Å². The number of aromatic nitrogens is 2. The maximum absolute atomic E-state index is 5.92. The Hall–Kier alpha value is -1.32. The fourth-order valence-corrected chi connectivity index (χ4v) is 2.57. The molecule has 1 unspecified atom stereocenters. The zero-order valence-corrected chi connectivity index (χ0v) is 11.1. The molecule has 1 fully saturated rings. The first kappa shape index (κ1) is 11.8. The fraction of sp³-hybridized carbons (Fsp3) is 0.357. The molecule has 1 aliphatic rings. The second kappa shape index (κ2) is 4.75. The minimum Gasteiger partial charge on any atom is -0.315 e. The minimum absolute atomic E-state index is 0.491. The number of rotatable bonds is 2. The molecule has 0 radical (unpaired) electrons. The average Bonchev–Trinajstić information content (AvgIpc) is 2.99. The molecule has 0 spiro atoms. The highest BCUT2D eigenvalue weighted by molar-refractivity contribution is 6.30. The maximum Gasteiger partial charge on any atom is 0.0672 e. The van der Waals surface area contributed by atoms with Crippen LogP contribution in [0.4, 0.5) is 0 Å². The smallest absolute Gasteiger partial charge is 0.0672 e. The summed E-state index contributed by atoms with van der Waals surface area (Å²) in [6.07, 6.45) is 3.30. The number of nitrogens with one attached hydrogen (secondary N) is 1. The third kappa shape index (κ3) is 2.16. The highest BCUT2D eigenvalue weighted by atomic mass is 35.5. The van der Waals surface area contributed by atoms with Gasteiger partial charge in [0.05, 0.1) is 11.7 Å². The molecule has 0 saturated carbocycles. The predicted molar refractivity (Wildman–Crippen MR) is 73.9 cm³/mol. The van der Waals surface area contributed by atoms with Gasteiger partial charge in [0.25, 0.3) is 0 Å². The Morgan fingerprint density at radius 3 is 2.78 bits per heavy atom. The summed E-state index contributed by atoms with van der Waals surface area (Å²) < 4.78 is 2.10. The lowest BCUT2D eigenvalue weighted by molar-refractivity contribution is 0.488. The molecule has 3 nitrogen and oxygen atoms in total. The molecule has 4 heteroatoms.